The average molecular weight is 349 g/mol. The van der Waals surface area contributed by atoms with Gasteiger partial charge in [-0.25, -0.2) is 4.68 Å². The third kappa shape index (κ3) is 5.04. The van der Waals surface area contributed by atoms with Gasteiger partial charge in [-0.2, -0.15) is 0 Å². The molecule has 2 aliphatic rings. The van der Waals surface area contributed by atoms with Crippen LogP contribution in [0.2, 0.25) is 0 Å². The normalized spacial score (nSPS) is 29.2. The molecule has 1 saturated heterocycles. The van der Waals surface area contributed by atoms with Crippen LogP contribution in [0.1, 0.15) is 76.9 Å². The van der Waals surface area contributed by atoms with Gasteiger partial charge in [0, 0.05) is 13.7 Å². The zero-order chi connectivity index (χ0) is 17.6. The molecule has 0 spiro atoms. The van der Waals surface area contributed by atoms with Crippen LogP contribution in [0.25, 0.3) is 0 Å². The molecule has 0 radical (unpaired) electrons. The molecule has 4 atom stereocenters. The molecule has 1 aliphatic carbocycles. The van der Waals surface area contributed by atoms with Gasteiger partial charge in [-0.15, -0.1) is 5.10 Å². The summed E-state index contributed by atoms with van der Waals surface area (Å²) in [5.74, 6) is 1.64. The number of hydrogen-bond donors (Lipinski definition) is 0. The predicted molar refractivity (Wildman–Crippen MR) is 100 cm³/mol. The highest BCUT2D eigenvalue weighted by molar-refractivity contribution is 4.96. The largest absolute Gasteiger partial charge is 0.379 e. The van der Waals surface area contributed by atoms with Crippen molar-refractivity contribution >= 4 is 0 Å². The molecule has 25 heavy (non-hydrogen) atoms. The van der Waals surface area contributed by atoms with Crippen molar-refractivity contribution in [2.24, 2.45) is 11.8 Å². The van der Waals surface area contributed by atoms with Crippen LogP contribution < -0.4 is 0 Å². The van der Waals surface area contributed by atoms with Crippen molar-refractivity contribution in [3.8, 4) is 0 Å². The molecule has 1 saturated carbocycles. The number of likely N-dealkylation sites (tertiary alicyclic amines) is 1. The highest BCUT2D eigenvalue weighted by atomic mass is 16.5. The second-order valence-electron chi connectivity index (χ2n) is 8.32. The van der Waals surface area contributed by atoms with Crippen LogP contribution in [-0.4, -0.2) is 46.2 Å². The molecule has 1 aliphatic heterocycles. The zero-order valence-corrected chi connectivity index (χ0v) is 16.4. The maximum absolute atomic E-state index is 5.87. The van der Waals surface area contributed by atoms with Gasteiger partial charge in [0.15, 0.2) is 0 Å². The van der Waals surface area contributed by atoms with Gasteiger partial charge in [0.1, 0.15) is 0 Å². The Kier molecular flexibility index (Phi) is 6.88. The summed E-state index contributed by atoms with van der Waals surface area (Å²) in [6.07, 6.45) is 12.7. The number of methoxy groups -OCH3 is 1. The number of ether oxygens (including phenoxy) is 1. The van der Waals surface area contributed by atoms with E-state index in [-0.39, 0.29) is 6.10 Å². The van der Waals surface area contributed by atoms with Crippen molar-refractivity contribution in [3.05, 3.63) is 11.9 Å². The summed E-state index contributed by atoms with van der Waals surface area (Å²) >= 11 is 0. The van der Waals surface area contributed by atoms with E-state index >= 15 is 0 Å². The van der Waals surface area contributed by atoms with Crippen molar-refractivity contribution in [2.45, 2.75) is 83.9 Å². The van der Waals surface area contributed by atoms with Crippen molar-refractivity contribution in [2.75, 3.05) is 20.2 Å². The summed E-state index contributed by atoms with van der Waals surface area (Å²) < 4.78 is 7.96. The summed E-state index contributed by atoms with van der Waals surface area (Å²) in [5, 5.41) is 8.89. The van der Waals surface area contributed by atoms with Gasteiger partial charge >= 0.3 is 0 Å². The fourth-order valence-corrected chi connectivity index (χ4v) is 4.86. The van der Waals surface area contributed by atoms with E-state index in [0.29, 0.717) is 6.04 Å². The summed E-state index contributed by atoms with van der Waals surface area (Å²) in [6.45, 7) is 8.04. The Labute approximate surface area is 153 Å². The molecule has 2 fully saturated rings. The van der Waals surface area contributed by atoms with Crippen LogP contribution >= 0.6 is 0 Å². The fraction of sp³-hybridized carbons (Fsp3) is 0.900. The summed E-state index contributed by atoms with van der Waals surface area (Å²) in [5.41, 5.74) is 1.11. The minimum atomic E-state index is 0.272. The van der Waals surface area contributed by atoms with Gasteiger partial charge in [0.05, 0.1) is 24.0 Å². The van der Waals surface area contributed by atoms with E-state index in [4.69, 9.17) is 4.74 Å². The lowest BCUT2D eigenvalue weighted by atomic mass is 9.78. The third-order valence-electron chi connectivity index (χ3n) is 6.17. The summed E-state index contributed by atoms with van der Waals surface area (Å²) in [6, 6.07) is 0.350. The third-order valence-corrected chi connectivity index (χ3v) is 6.17. The van der Waals surface area contributed by atoms with E-state index < -0.39 is 0 Å². The molecule has 0 aromatic carbocycles. The molecular formula is C20H36N4O. The van der Waals surface area contributed by atoms with Crippen LogP contribution in [0.3, 0.4) is 0 Å². The lowest BCUT2D eigenvalue weighted by Crippen LogP contribution is -2.34. The van der Waals surface area contributed by atoms with Crippen LogP contribution in [0, 0.1) is 11.8 Å². The monoisotopic (exact) mass is 348 g/mol. The minimum Gasteiger partial charge on any atom is -0.379 e. The lowest BCUT2D eigenvalue weighted by Gasteiger charge is -2.36. The van der Waals surface area contributed by atoms with Crippen molar-refractivity contribution in [1.29, 1.82) is 0 Å². The highest BCUT2D eigenvalue weighted by Gasteiger charge is 2.33. The van der Waals surface area contributed by atoms with Gasteiger partial charge in [0.2, 0.25) is 0 Å². The van der Waals surface area contributed by atoms with Gasteiger partial charge in [-0.1, -0.05) is 31.9 Å². The summed E-state index contributed by atoms with van der Waals surface area (Å²) in [7, 11) is 1.86. The Morgan fingerprint density at radius 2 is 2.08 bits per heavy atom. The van der Waals surface area contributed by atoms with Crippen molar-refractivity contribution in [1.82, 2.24) is 19.9 Å². The number of aromatic nitrogens is 3. The van der Waals surface area contributed by atoms with Crippen molar-refractivity contribution < 1.29 is 4.74 Å². The maximum Gasteiger partial charge on any atom is 0.0967 e. The summed E-state index contributed by atoms with van der Waals surface area (Å²) in [4.78, 5) is 2.48. The molecule has 2 heterocycles. The van der Waals surface area contributed by atoms with Gasteiger partial charge in [-0.3, -0.25) is 4.90 Å². The number of hydrogen-bond acceptors (Lipinski definition) is 4. The standard InChI is InChI=1S/C20H36N4O/c1-4-7-16(2)12-17-8-9-19(20(13-17)25-3)24-15-18(21-22-24)14-23-10-5-6-11-23/h15-17,19-20H,4-14H2,1-3H3. The molecule has 142 valence electrons. The molecule has 4 unspecified atom stereocenters. The Morgan fingerprint density at radius 1 is 1.28 bits per heavy atom. The molecule has 5 heteroatoms. The maximum atomic E-state index is 5.87. The molecule has 1 aromatic rings. The lowest BCUT2D eigenvalue weighted by molar-refractivity contribution is 0.00136. The predicted octanol–water partition coefficient (Wildman–Crippen LogP) is 4.06. The van der Waals surface area contributed by atoms with Crippen molar-refractivity contribution in [3.63, 3.8) is 0 Å². The first kappa shape index (κ1) is 18.8. The molecule has 3 rings (SSSR count). The van der Waals surface area contributed by atoms with E-state index in [1.54, 1.807) is 0 Å². The Hall–Kier alpha value is -0.940. The fourth-order valence-electron chi connectivity index (χ4n) is 4.86. The van der Waals surface area contributed by atoms with Crippen LogP contribution in [-0.2, 0) is 11.3 Å². The molecule has 5 nitrogen and oxygen atoms in total. The van der Waals surface area contributed by atoms with Crippen LogP contribution in [0.5, 0.6) is 0 Å². The molecule has 0 N–H and O–H groups in total. The second kappa shape index (κ2) is 9.13. The molecule has 1 aromatic heterocycles. The first-order chi connectivity index (χ1) is 12.2. The molecular weight excluding hydrogens is 312 g/mol. The molecule has 0 bridgehead atoms. The van der Waals surface area contributed by atoms with Crippen LogP contribution in [0.15, 0.2) is 6.20 Å². The second-order valence-corrected chi connectivity index (χ2v) is 8.32. The average Bonchev–Trinajstić information content (AvgIpc) is 3.27. The SMILES string of the molecule is CCCC(C)CC1CCC(n2cc(CN3CCCC3)nn2)C(OC)C1. The van der Waals surface area contributed by atoms with E-state index in [0.717, 1.165) is 36.9 Å². The quantitative estimate of drug-likeness (QED) is 0.711. The topological polar surface area (TPSA) is 43.2 Å². The number of nitrogens with zero attached hydrogens (tertiary/aromatic N) is 4. The van der Waals surface area contributed by atoms with Crippen LogP contribution in [0.4, 0.5) is 0 Å². The first-order valence-corrected chi connectivity index (χ1v) is 10.4. The van der Waals surface area contributed by atoms with Gasteiger partial charge in [0.25, 0.3) is 0 Å². The minimum absolute atomic E-state index is 0.272. The zero-order valence-electron chi connectivity index (χ0n) is 16.4. The first-order valence-electron chi connectivity index (χ1n) is 10.4. The smallest absolute Gasteiger partial charge is 0.0967 e. The van der Waals surface area contributed by atoms with E-state index in [1.807, 2.05) is 7.11 Å². The Morgan fingerprint density at radius 3 is 2.80 bits per heavy atom. The molecule has 0 amide bonds. The van der Waals surface area contributed by atoms with Gasteiger partial charge in [-0.05, 0) is 63.5 Å². The number of rotatable bonds is 8. The van der Waals surface area contributed by atoms with E-state index in [2.05, 4.69) is 39.9 Å². The Balaban J connectivity index is 1.56. The highest BCUT2D eigenvalue weighted by Crippen LogP contribution is 2.37. The van der Waals surface area contributed by atoms with E-state index in [9.17, 15) is 0 Å². The van der Waals surface area contributed by atoms with E-state index in [1.165, 1.54) is 51.6 Å². The Bertz CT molecular complexity index is 512. The van der Waals surface area contributed by atoms with Gasteiger partial charge < -0.3 is 4.74 Å².